The highest BCUT2D eigenvalue weighted by Gasteiger charge is 2.37. The van der Waals surface area contributed by atoms with Gasteiger partial charge in [-0.3, -0.25) is 0 Å². The summed E-state index contributed by atoms with van der Waals surface area (Å²) in [5.41, 5.74) is 0.931. The second-order valence-corrected chi connectivity index (χ2v) is 5.81. The van der Waals surface area contributed by atoms with Gasteiger partial charge in [-0.1, -0.05) is 34.1 Å². The number of hydrogen-bond donors (Lipinski definition) is 1. The van der Waals surface area contributed by atoms with Gasteiger partial charge in [-0.15, -0.1) is 0 Å². The monoisotopic (exact) mass is 324 g/mol. The molecule has 0 saturated carbocycles. The maximum absolute atomic E-state index is 9.48. The summed E-state index contributed by atoms with van der Waals surface area (Å²) in [6.45, 7) is 1.98. The highest BCUT2D eigenvalue weighted by Crippen LogP contribution is 2.36. The van der Waals surface area contributed by atoms with E-state index in [4.69, 9.17) is 9.47 Å². The number of phenols is 1. The number of alkyl halides is 1. The molecule has 0 spiro atoms. The summed E-state index contributed by atoms with van der Waals surface area (Å²) < 4.78 is 11.2. The SMILES string of the molecule is COC(OC)(c1ccc2cc(O)ccc2c1)C(C)Br. The molecule has 19 heavy (non-hydrogen) atoms. The van der Waals surface area contributed by atoms with Crippen LogP contribution in [0.3, 0.4) is 0 Å². The summed E-state index contributed by atoms with van der Waals surface area (Å²) in [5, 5.41) is 11.5. The number of aromatic hydroxyl groups is 1. The molecule has 0 bridgehead atoms. The number of hydrogen-bond acceptors (Lipinski definition) is 3. The maximum atomic E-state index is 9.48. The third-order valence-electron chi connectivity index (χ3n) is 3.36. The molecule has 102 valence electrons. The summed E-state index contributed by atoms with van der Waals surface area (Å²) in [6.07, 6.45) is 0. The van der Waals surface area contributed by atoms with Crippen molar-refractivity contribution in [2.24, 2.45) is 0 Å². The van der Waals surface area contributed by atoms with E-state index in [9.17, 15) is 5.11 Å². The van der Waals surface area contributed by atoms with Crippen molar-refractivity contribution >= 4 is 26.7 Å². The summed E-state index contributed by atoms with van der Waals surface area (Å²) in [6, 6.07) is 11.2. The zero-order valence-corrected chi connectivity index (χ0v) is 12.8. The average molecular weight is 325 g/mol. The zero-order valence-electron chi connectivity index (χ0n) is 11.2. The molecule has 2 aromatic rings. The van der Waals surface area contributed by atoms with E-state index in [1.165, 1.54) is 0 Å². The Hall–Kier alpha value is -1.10. The molecule has 4 heteroatoms. The standard InChI is InChI=1S/C15H17BrO3/c1-10(16)15(18-2,19-3)13-6-4-12-9-14(17)7-5-11(12)8-13/h4-10,17H,1-3H3. The van der Waals surface area contributed by atoms with E-state index in [-0.39, 0.29) is 10.6 Å². The van der Waals surface area contributed by atoms with Crippen molar-refractivity contribution in [2.75, 3.05) is 14.2 Å². The first kappa shape index (κ1) is 14.3. The fourth-order valence-electron chi connectivity index (χ4n) is 2.32. The first-order valence-corrected chi connectivity index (χ1v) is 6.92. The van der Waals surface area contributed by atoms with Gasteiger partial charge in [0.1, 0.15) is 5.75 Å². The second kappa shape index (κ2) is 5.49. The molecule has 0 aliphatic carbocycles. The Labute approximate surface area is 121 Å². The summed E-state index contributed by atoms with van der Waals surface area (Å²) in [5.74, 6) is -0.564. The molecule has 1 unspecified atom stereocenters. The van der Waals surface area contributed by atoms with Crippen molar-refractivity contribution in [3.8, 4) is 5.75 Å². The quantitative estimate of drug-likeness (QED) is 0.687. The molecule has 0 fully saturated rings. The summed E-state index contributed by atoms with van der Waals surface area (Å²) in [4.78, 5) is -0.00966. The van der Waals surface area contributed by atoms with Crippen LogP contribution in [0.15, 0.2) is 36.4 Å². The highest BCUT2D eigenvalue weighted by molar-refractivity contribution is 9.09. The minimum Gasteiger partial charge on any atom is -0.508 e. The lowest BCUT2D eigenvalue weighted by atomic mass is 9.99. The fraction of sp³-hybridized carbons (Fsp3) is 0.333. The number of rotatable bonds is 4. The van der Waals surface area contributed by atoms with Gasteiger partial charge in [0.25, 0.3) is 0 Å². The summed E-state index contributed by atoms with van der Waals surface area (Å²) in [7, 11) is 3.25. The molecular formula is C15H17BrO3. The predicted octanol–water partition coefficient (Wildman–Crippen LogP) is 3.77. The molecule has 0 aliphatic rings. The van der Waals surface area contributed by atoms with E-state index < -0.39 is 5.79 Å². The molecule has 0 aliphatic heterocycles. The number of phenolic OH excluding ortho intramolecular Hbond substituents is 1. The van der Waals surface area contributed by atoms with Gasteiger partial charge < -0.3 is 14.6 Å². The minimum absolute atomic E-state index is 0.00966. The van der Waals surface area contributed by atoms with Gasteiger partial charge in [0, 0.05) is 19.8 Å². The predicted molar refractivity (Wildman–Crippen MR) is 79.7 cm³/mol. The molecule has 0 saturated heterocycles. The molecule has 1 atom stereocenters. The van der Waals surface area contributed by atoms with Crippen LogP contribution in [0.5, 0.6) is 5.75 Å². The van der Waals surface area contributed by atoms with Crippen molar-refractivity contribution in [2.45, 2.75) is 17.5 Å². The number of methoxy groups -OCH3 is 2. The minimum atomic E-state index is -0.827. The van der Waals surface area contributed by atoms with Crippen molar-refractivity contribution in [3.05, 3.63) is 42.0 Å². The topological polar surface area (TPSA) is 38.7 Å². The first-order valence-electron chi connectivity index (χ1n) is 6.01. The van der Waals surface area contributed by atoms with Gasteiger partial charge in [-0.05, 0) is 35.9 Å². The number of fused-ring (bicyclic) bond motifs is 1. The van der Waals surface area contributed by atoms with Crippen LogP contribution < -0.4 is 0 Å². The molecule has 1 N–H and O–H groups in total. The Balaban J connectivity index is 2.58. The van der Waals surface area contributed by atoms with Crippen LogP contribution in [0.2, 0.25) is 0 Å². The van der Waals surface area contributed by atoms with Crippen molar-refractivity contribution in [1.82, 2.24) is 0 Å². The third kappa shape index (κ3) is 2.48. The van der Waals surface area contributed by atoms with Gasteiger partial charge in [-0.2, -0.15) is 0 Å². The van der Waals surface area contributed by atoms with Gasteiger partial charge >= 0.3 is 0 Å². The fourth-order valence-corrected chi connectivity index (χ4v) is 2.96. The van der Waals surface area contributed by atoms with E-state index in [0.29, 0.717) is 0 Å². The van der Waals surface area contributed by atoms with Crippen LogP contribution in [0.4, 0.5) is 0 Å². The van der Waals surface area contributed by atoms with Crippen molar-refractivity contribution < 1.29 is 14.6 Å². The van der Waals surface area contributed by atoms with Crippen LogP contribution in [-0.4, -0.2) is 24.2 Å². The van der Waals surface area contributed by atoms with Crippen LogP contribution in [0.1, 0.15) is 12.5 Å². The van der Waals surface area contributed by atoms with E-state index in [1.54, 1.807) is 26.4 Å². The average Bonchev–Trinajstić information content (AvgIpc) is 2.40. The normalized spacial score (nSPS) is 13.7. The number of ether oxygens (including phenoxy) is 2. The Bertz CT molecular complexity index is 577. The van der Waals surface area contributed by atoms with Crippen molar-refractivity contribution in [3.63, 3.8) is 0 Å². The lowest BCUT2D eigenvalue weighted by Crippen LogP contribution is -2.38. The zero-order chi connectivity index (χ0) is 14.0. The van der Waals surface area contributed by atoms with Crippen LogP contribution in [0, 0.1) is 0 Å². The third-order valence-corrected chi connectivity index (χ3v) is 3.96. The van der Waals surface area contributed by atoms with Gasteiger partial charge in [0.05, 0.1) is 4.83 Å². The largest absolute Gasteiger partial charge is 0.508 e. The highest BCUT2D eigenvalue weighted by atomic mass is 79.9. The Kier molecular flexibility index (Phi) is 4.13. The molecule has 0 aromatic heterocycles. The molecule has 2 rings (SSSR count). The van der Waals surface area contributed by atoms with E-state index in [2.05, 4.69) is 15.9 Å². The Morgan fingerprint density at radius 3 is 2.21 bits per heavy atom. The molecule has 3 nitrogen and oxygen atoms in total. The van der Waals surface area contributed by atoms with Gasteiger partial charge in [0.2, 0.25) is 5.79 Å². The van der Waals surface area contributed by atoms with E-state index >= 15 is 0 Å². The molecule has 2 aromatic carbocycles. The maximum Gasteiger partial charge on any atom is 0.206 e. The van der Waals surface area contributed by atoms with Crippen LogP contribution >= 0.6 is 15.9 Å². The lowest BCUT2D eigenvalue weighted by molar-refractivity contribution is -0.211. The molecular weight excluding hydrogens is 308 g/mol. The number of halogens is 1. The first-order chi connectivity index (χ1) is 9.03. The van der Waals surface area contributed by atoms with E-state index in [0.717, 1.165) is 16.3 Å². The summed E-state index contributed by atoms with van der Waals surface area (Å²) >= 11 is 3.54. The lowest BCUT2D eigenvalue weighted by Gasteiger charge is -2.34. The van der Waals surface area contributed by atoms with Crippen molar-refractivity contribution in [1.29, 1.82) is 0 Å². The number of benzene rings is 2. The Morgan fingerprint density at radius 1 is 1.05 bits per heavy atom. The molecule has 0 amide bonds. The molecule has 0 heterocycles. The van der Waals surface area contributed by atoms with Gasteiger partial charge in [0.15, 0.2) is 0 Å². The molecule has 0 radical (unpaired) electrons. The van der Waals surface area contributed by atoms with Crippen LogP contribution in [-0.2, 0) is 15.3 Å². The van der Waals surface area contributed by atoms with Gasteiger partial charge in [-0.25, -0.2) is 0 Å². The Morgan fingerprint density at radius 2 is 1.63 bits per heavy atom. The smallest absolute Gasteiger partial charge is 0.206 e. The van der Waals surface area contributed by atoms with E-state index in [1.807, 2.05) is 31.2 Å². The second-order valence-electron chi connectivity index (χ2n) is 4.44. The van der Waals surface area contributed by atoms with Crippen LogP contribution in [0.25, 0.3) is 10.8 Å².